The van der Waals surface area contributed by atoms with E-state index in [4.69, 9.17) is 11.6 Å². The van der Waals surface area contributed by atoms with Gasteiger partial charge in [-0.1, -0.05) is 43.9 Å². The molecule has 0 saturated carbocycles. The lowest BCUT2D eigenvalue weighted by atomic mass is 10.1. The minimum absolute atomic E-state index is 0.148. The van der Waals surface area contributed by atoms with Crippen LogP contribution in [0.2, 0.25) is 5.02 Å². The second kappa shape index (κ2) is 7.75. The molecular formula is C15H23ClFN. The largest absolute Gasteiger partial charge is 0.308 e. The molecule has 0 aromatic heterocycles. The van der Waals surface area contributed by atoms with E-state index in [1.54, 1.807) is 6.07 Å². The Kier molecular flexibility index (Phi) is 6.66. The first-order valence-electron chi connectivity index (χ1n) is 6.75. The molecule has 0 bridgehead atoms. The van der Waals surface area contributed by atoms with Gasteiger partial charge in [-0.3, -0.25) is 0 Å². The first-order valence-corrected chi connectivity index (χ1v) is 7.13. The summed E-state index contributed by atoms with van der Waals surface area (Å²) in [6.45, 7) is 6.46. The fraction of sp³-hybridized carbons (Fsp3) is 0.600. The van der Waals surface area contributed by atoms with Gasteiger partial charge in [0.2, 0.25) is 0 Å². The van der Waals surface area contributed by atoms with Gasteiger partial charge in [-0.25, -0.2) is 4.39 Å². The third kappa shape index (κ3) is 4.95. The maximum atomic E-state index is 13.0. The van der Waals surface area contributed by atoms with E-state index in [0.29, 0.717) is 11.1 Å². The van der Waals surface area contributed by atoms with Gasteiger partial charge in [0.05, 0.1) is 0 Å². The zero-order valence-corrected chi connectivity index (χ0v) is 12.2. The number of hydrogen-bond donors (Lipinski definition) is 1. The van der Waals surface area contributed by atoms with E-state index in [1.807, 2.05) is 0 Å². The van der Waals surface area contributed by atoms with Crippen molar-refractivity contribution in [3.63, 3.8) is 0 Å². The SMILES string of the molecule is CCCCCC(C)NC(C)c1ccc(F)cc1Cl. The smallest absolute Gasteiger partial charge is 0.124 e. The van der Waals surface area contributed by atoms with Gasteiger partial charge in [-0.15, -0.1) is 0 Å². The van der Waals surface area contributed by atoms with Crippen LogP contribution in [0.5, 0.6) is 0 Å². The normalized spacial score (nSPS) is 14.5. The van der Waals surface area contributed by atoms with E-state index in [9.17, 15) is 4.39 Å². The molecule has 0 aliphatic heterocycles. The van der Waals surface area contributed by atoms with Crippen LogP contribution in [0.4, 0.5) is 4.39 Å². The van der Waals surface area contributed by atoms with Gasteiger partial charge in [-0.2, -0.15) is 0 Å². The molecule has 102 valence electrons. The Morgan fingerprint density at radius 1 is 1.28 bits per heavy atom. The van der Waals surface area contributed by atoms with Crippen LogP contribution in [0, 0.1) is 5.82 Å². The van der Waals surface area contributed by atoms with Gasteiger partial charge >= 0.3 is 0 Å². The molecule has 0 amide bonds. The van der Waals surface area contributed by atoms with E-state index >= 15 is 0 Å². The molecule has 18 heavy (non-hydrogen) atoms. The molecule has 1 aromatic rings. The van der Waals surface area contributed by atoms with Gasteiger partial charge in [0.1, 0.15) is 5.82 Å². The highest BCUT2D eigenvalue weighted by Crippen LogP contribution is 2.24. The van der Waals surface area contributed by atoms with Crippen molar-refractivity contribution in [1.29, 1.82) is 0 Å². The maximum absolute atomic E-state index is 13.0. The summed E-state index contributed by atoms with van der Waals surface area (Å²) in [6, 6.07) is 5.19. The zero-order chi connectivity index (χ0) is 13.5. The predicted molar refractivity (Wildman–Crippen MR) is 76.6 cm³/mol. The highest BCUT2D eigenvalue weighted by molar-refractivity contribution is 6.31. The third-order valence-corrected chi connectivity index (χ3v) is 3.53. The number of rotatable bonds is 7. The van der Waals surface area contributed by atoms with E-state index in [1.165, 1.54) is 31.4 Å². The molecule has 1 aromatic carbocycles. The van der Waals surface area contributed by atoms with Crippen molar-refractivity contribution in [1.82, 2.24) is 5.32 Å². The predicted octanol–water partition coefficient (Wildman–Crippen LogP) is 5.10. The van der Waals surface area contributed by atoms with Crippen LogP contribution in [-0.2, 0) is 0 Å². The highest BCUT2D eigenvalue weighted by atomic mass is 35.5. The van der Waals surface area contributed by atoms with Crippen molar-refractivity contribution in [2.45, 2.75) is 58.5 Å². The van der Waals surface area contributed by atoms with Crippen molar-refractivity contribution >= 4 is 11.6 Å². The minimum atomic E-state index is -0.285. The third-order valence-electron chi connectivity index (χ3n) is 3.20. The fourth-order valence-electron chi connectivity index (χ4n) is 2.15. The van der Waals surface area contributed by atoms with Gasteiger partial charge in [0.25, 0.3) is 0 Å². The molecule has 0 aliphatic carbocycles. The molecule has 0 saturated heterocycles. The van der Waals surface area contributed by atoms with E-state index in [2.05, 4.69) is 26.1 Å². The minimum Gasteiger partial charge on any atom is -0.308 e. The Bertz CT molecular complexity index is 368. The molecule has 0 spiro atoms. The molecule has 1 N–H and O–H groups in total. The number of unbranched alkanes of at least 4 members (excludes halogenated alkanes) is 2. The molecule has 1 rings (SSSR count). The zero-order valence-electron chi connectivity index (χ0n) is 11.5. The maximum Gasteiger partial charge on any atom is 0.124 e. The van der Waals surface area contributed by atoms with E-state index in [-0.39, 0.29) is 11.9 Å². The summed E-state index contributed by atoms with van der Waals surface area (Å²) in [7, 11) is 0. The summed E-state index contributed by atoms with van der Waals surface area (Å²) in [5.74, 6) is -0.285. The highest BCUT2D eigenvalue weighted by Gasteiger charge is 2.12. The molecule has 0 radical (unpaired) electrons. The van der Waals surface area contributed by atoms with Crippen LogP contribution < -0.4 is 5.32 Å². The molecular weight excluding hydrogens is 249 g/mol. The van der Waals surface area contributed by atoms with Crippen LogP contribution >= 0.6 is 11.6 Å². The van der Waals surface area contributed by atoms with Crippen LogP contribution in [0.1, 0.15) is 58.1 Å². The first-order chi connectivity index (χ1) is 8.54. The van der Waals surface area contributed by atoms with Gasteiger partial charge in [0, 0.05) is 17.1 Å². The Labute approximate surface area is 115 Å². The first kappa shape index (κ1) is 15.5. The van der Waals surface area contributed by atoms with Crippen molar-refractivity contribution in [3.05, 3.63) is 34.6 Å². The number of nitrogens with one attached hydrogen (secondary N) is 1. The molecule has 0 aliphatic rings. The van der Waals surface area contributed by atoms with Crippen LogP contribution in [-0.4, -0.2) is 6.04 Å². The van der Waals surface area contributed by atoms with Crippen molar-refractivity contribution in [3.8, 4) is 0 Å². The summed E-state index contributed by atoms with van der Waals surface area (Å²) in [5.41, 5.74) is 0.959. The molecule has 2 unspecified atom stereocenters. The Morgan fingerprint density at radius 2 is 2.00 bits per heavy atom. The quantitative estimate of drug-likeness (QED) is 0.681. The van der Waals surface area contributed by atoms with E-state index in [0.717, 1.165) is 12.0 Å². The Morgan fingerprint density at radius 3 is 2.61 bits per heavy atom. The topological polar surface area (TPSA) is 12.0 Å². The molecule has 1 nitrogen and oxygen atoms in total. The molecule has 0 fully saturated rings. The van der Waals surface area contributed by atoms with Crippen LogP contribution in [0.15, 0.2) is 18.2 Å². The number of halogens is 2. The van der Waals surface area contributed by atoms with Crippen molar-refractivity contribution in [2.24, 2.45) is 0 Å². The lowest BCUT2D eigenvalue weighted by molar-refractivity contribution is 0.440. The molecule has 0 heterocycles. The monoisotopic (exact) mass is 271 g/mol. The van der Waals surface area contributed by atoms with E-state index < -0.39 is 0 Å². The summed E-state index contributed by atoms with van der Waals surface area (Å²) >= 11 is 6.05. The Hall–Kier alpha value is -0.600. The van der Waals surface area contributed by atoms with Gasteiger partial charge in [-0.05, 0) is 38.0 Å². The second-order valence-electron chi connectivity index (χ2n) is 4.95. The number of hydrogen-bond acceptors (Lipinski definition) is 1. The lowest BCUT2D eigenvalue weighted by Crippen LogP contribution is -2.29. The molecule has 3 heteroatoms. The lowest BCUT2D eigenvalue weighted by Gasteiger charge is -2.21. The van der Waals surface area contributed by atoms with Crippen LogP contribution in [0.25, 0.3) is 0 Å². The summed E-state index contributed by atoms with van der Waals surface area (Å²) in [4.78, 5) is 0. The average molecular weight is 272 g/mol. The van der Waals surface area contributed by atoms with Crippen LogP contribution in [0.3, 0.4) is 0 Å². The summed E-state index contributed by atoms with van der Waals surface area (Å²) in [6.07, 6.45) is 4.93. The fourth-order valence-corrected chi connectivity index (χ4v) is 2.48. The average Bonchev–Trinajstić information content (AvgIpc) is 2.28. The summed E-state index contributed by atoms with van der Waals surface area (Å²) in [5, 5.41) is 4.00. The van der Waals surface area contributed by atoms with Crippen molar-refractivity contribution < 1.29 is 4.39 Å². The second-order valence-corrected chi connectivity index (χ2v) is 5.36. The van der Waals surface area contributed by atoms with Gasteiger partial charge < -0.3 is 5.32 Å². The molecule has 2 atom stereocenters. The summed E-state index contributed by atoms with van der Waals surface area (Å²) < 4.78 is 13.0. The van der Waals surface area contributed by atoms with Crippen molar-refractivity contribution in [2.75, 3.05) is 0 Å². The Balaban J connectivity index is 2.51. The van der Waals surface area contributed by atoms with Gasteiger partial charge in [0.15, 0.2) is 0 Å². The number of benzene rings is 1. The standard InChI is InChI=1S/C15H23ClFN/c1-4-5-6-7-11(2)18-12(3)14-9-8-13(17)10-15(14)16/h8-12,18H,4-7H2,1-3H3.